The molecular weight excluding hydrogens is 707 g/mol. The molecule has 0 spiro atoms. The van der Waals surface area contributed by atoms with Gasteiger partial charge in [0.1, 0.15) is 6.54 Å². The Balaban J connectivity index is 1.10. The Hall–Kier alpha value is -6.21. The van der Waals surface area contributed by atoms with Crippen LogP contribution in [0.5, 0.6) is 0 Å². The molecule has 7 nitrogen and oxygen atoms in total. The van der Waals surface area contributed by atoms with Gasteiger partial charge in [-0.1, -0.05) is 72.5 Å². The van der Waals surface area contributed by atoms with Crippen LogP contribution >= 0.6 is 0 Å². The molecule has 5 aliphatic rings. The zero-order valence-electron chi connectivity index (χ0n) is 32.2. The van der Waals surface area contributed by atoms with Gasteiger partial charge in [0.15, 0.2) is 0 Å². The predicted octanol–water partition coefficient (Wildman–Crippen LogP) is 11.0. The van der Waals surface area contributed by atoms with Crippen LogP contribution in [0.3, 0.4) is 0 Å². The summed E-state index contributed by atoms with van der Waals surface area (Å²) in [4.78, 5) is 45.8. The molecule has 2 aliphatic carbocycles. The maximum Gasteiger partial charge on any atom is 0.323 e. The van der Waals surface area contributed by atoms with E-state index < -0.39 is 24.3 Å². The summed E-state index contributed by atoms with van der Waals surface area (Å²) in [6.45, 7) is 3.57. The van der Waals surface area contributed by atoms with Crippen molar-refractivity contribution in [3.05, 3.63) is 143 Å². The van der Waals surface area contributed by atoms with Crippen molar-refractivity contribution in [2.75, 3.05) is 16.3 Å². The van der Waals surface area contributed by atoms with Crippen LogP contribution in [0.4, 0.5) is 22.7 Å². The zero-order valence-corrected chi connectivity index (χ0v) is 32.2. The van der Waals surface area contributed by atoms with Crippen LogP contribution in [0, 0.1) is 13.8 Å². The molecule has 4 atom stereocenters. The Morgan fingerprint density at radius 3 is 1.42 bits per heavy atom. The van der Waals surface area contributed by atoms with E-state index >= 15 is 0 Å². The average molecular weight is 750 g/mol. The van der Waals surface area contributed by atoms with Crippen molar-refractivity contribution in [1.82, 2.24) is 4.90 Å². The van der Waals surface area contributed by atoms with Crippen molar-refractivity contribution in [3.8, 4) is 22.3 Å². The summed E-state index contributed by atoms with van der Waals surface area (Å²) in [6, 6.07) is 39.8. The highest BCUT2D eigenvalue weighted by molar-refractivity contribution is 6.29. The number of rotatable bonds is 6. The summed E-state index contributed by atoms with van der Waals surface area (Å²) in [5.74, 6) is -1.54. The lowest BCUT2D eigenvalue weighted by molar-refractivity contribution is -0.137. The quantitative estimate of drug-likeness (QED) is 0.171. The summed E-state index contributed by atoms with van der Waals surface area (Å²) >= 11 is 0. The standard InChI is InChI=1S/C50H43N3O4/c1-28-9-15-32(16-10-28)52-42-7-3-5-36(42)40-25-30(13-23-44(40)52)34-19-21-38-48-39(50(57)51(49(38)56)27-46(54)55)22-20-35(47(34)48)31-14-24-45-41(26-31)37-6-4-8-43(37)53(45)33-17-11-29(2)12-18-33/h9-26,36-37,42-43H,3-8,27H2,1-2H3,(H,54,55). The number of amides is 2. The number of hydrogen-bond donors (Lipinski definition) is 1. The van der Waals surface area contributed by atoms with Gasteiger partial charge in [0.2, 0.25) is 0 Å². The van der Waals surface area contributed by atoms with E-state index in [1.807, 2.05) is 12.1 Å². The van der Waals surface area contributed by atoms with Crippen LogP contribution in [0.2, 0.25) is 0 Å². The number of nitrogens with zero attached hydrogens (tertiary/aromatic N) is 3. The van der Waals surface area contributed by atoms with Gasteiger partial charge in [-0.25, -0.2) is 0 Å². The summed E-state index contributed by atoms with van der Waals surface area (Å²) in [5.41, 5.74) is 14.8. The number of imide groups is 1. The van der Waals surface area contributed by atoms with Crippen LogP contribution in [0.15, 0.2) is 109 Å². The van der Waals surface area contributed by atoms with Crippen LogP contribution < -0.4 is 9.80 Å². The minimum absolute atomic E-state index is 0.358. The third kappa shape index (κ3) is 5.07. The molecule has 282 valence electrons. The highest BCUT2D eigenvalue weighted by Crippen LogP contribution is 2.55. The lowest BCUT2D eigenvalue weighted by atomic mass is 9.83. The summed E-state index contributed by atoms with van der Waals surface area (Å²) in [5, 5.41) is 11.1. The highest BCUT2D eigenvalue weighted by atomic mass is 16.4. The fourth-order valence-electron chi connectivity index (χ4n) is 11.1. The summed E-state index contributed by atoms with van der Waals surface area (Å²) in [6.07, 6.45) is 6.93. The van der Waals surface area contributed by atoms with Crippen molar-refractivity contribution >= 4 is 51.3 Å². The van der Waals surface area contributed by atoms with Crippen LogP contribution in [-0.2, 0) is 4.79 Å². The number of aliphatic carboxylic acids is 1. The van der Waals surface area contributed by atoms with Crippen LogP contribution in [0.25, 0.3) is 33.0 Å². The highest BCUT2D eigenvalue weighted by Gasteiger charge is 2.44. The number of anilines is 4. The van der Waals surface area contributed by atoms with Gasteiger partial charge in [0, 0.05) is 63.2 Å². The Kier molecular flexibility index (Phi) is 7.56. The molecule has 2 amide bonds. The third-order valence-corrected chi connectivity index (χ3v) is 13.6. The Labute approximate surface area is 332 Å². The first-order valence-electron chi connectivity index (χ1n) is 20.4. The first kappa shape index (κ1) is 34.1. The molecule has 0 bridgehead atoms. The smallest absolute Gasteiger partial charge is 0.323 e. The molecular formula is C50H43N3O4. The van der Waals surface area contributed by atoms with Crippen molar-refractivity contribution < 1.29 is 19.5 Å². The number of aryl methyl sites for hydroxylation is 2. The number of hydrogen-bond acceptors (Lipinski definition) is 5. The van der Waals surface area contributed by atoms with E-state index in [4.69, 9.17) is 0 Å². The van der Waals surface area contributed by atoms with Crippen molar-refractivity contribution in [2.45, 2.75) is 76.3 Å². The van der Waals surface area contributed by atoms with E-state index in [9.17, 15) is 19.5 Å². The number of carboxylic acid groups (broad SMARTS) is 1. The van der Waals surface area contributed by atoms with E-state index in [1.54, 1.807) is 12.1 Å². The molecule has 2 saturated carbocycles. The molecule has 1 N–H and O–H groups in total. The van der Waals surface area contributed by atoms with Gasteiger partial charge in [0.05, 0.1) is 0 Å². The van der Waals surface area contributed by atoms with Gasteiger partial charge in [0.25, 0.3) is 11.8 Å². The Morgan fingerprint density at radius 1 is 0.561 bits per heavy atom. The average Bonchev–Trinajstić information content (AvgIpc) is 4.01. The third-order valence-electron chi connectivity index (χ3n) is 13.6. The monoisotopic (exact) mass is 749 g/mol. The molecule has 2 fully saturated rings. The van der Waals surface area contributed by atoms with E-state index in [1.165, 1.54) is 57.8 Å². The Morgan fingerprint density at radius 2 is 0.982 bits per heavy atom. The van der Waals surface area contributed by atoms with Gasteiger partial charge < -0.3 is 14.9 Å². The van der Waals surface area contributed by atoms with Gasteiger partial charge in [-0.2, -0.15) is 0 Å². The van der Waals surface area contributed by atoms with Crippen LogP contribution in [-0.4, -0.2) is 46.4 Å². The number of carbonyl (C=O) groups is 3. The topological polar surface area (TPSA) is 81.2 Å². The number of benzene rings is 6. The van der Waals surface area contributed by atoms with E-state index in [2.05, 4.69) is 109 Å². The first-order chi connectivity index (χ1) is 27.7. The number of carbonyl (C=O) groups excluding carboxylic acids is 2. The molecule has 6 aromatic rings. The molecule has 7 heteroatoms. The molecule has 11 rings (SSSR count). The van der Waals surface area contributed by atoms with Gasteiger partial charge >= 0.3 is 5.97 Å². The fraction of sp³-hybridized carbons (Fsp3) is 0.260. The van der Waals surface area contributed by atoms with Crippen molar-refractivity contribution in [3.63, 3.8) is 0 Å². The van der Waals surface area contributed by atoms with Crippen molar-refractivity contribution in [1.29, 1.82) is 0 Å². The van der Waals surface area contributed by atoms with Crippen LogP contribution in [0.1, 0.15) is 93.3 Å². The zero-order chi connectivity index (χ0) is 38.7. The molecule has 0 radical (unpaired) electrons. The van der Waals surface area contributed by atoms with Gasteiger partial charge in [-0.15, -0.1) is 0 Å². The molecule has 3 heterocycles. The van der Waals surface area contributed by atoms with E-state index in [0.717, 1.165) is 58.2 Å². The first-order valence-corrected chi connectivity index (χ1v) is 20.4. The lowest BCUT2D eigenvalue weighted by Crippen LogP contribution is -2.43. The maximum absolute atomic E-state index is 14.0. The molecule has 0 saturated heterocycles. The van der Waals surface area contributed by atoms with E-state index in [0.29, 0.717) is 40.4 Å². The maximum atomic E-state index is 14.0. The van der Waals surface area contributed by atoms with Gasteiger partial charge in [-0.3, -0.25) is 19.3 Å². The number of fused-ring (bicyclic) bond motifs is 6. The largest absolute Gasteiger partial charge is 0.480 e. The predicted molar refractivity (Wildman–Crippen MR) is 225 cm³/mol. The minimum Gasteiger partial charge on any atom is -0.480 e. The fourth-order valence-corrected chi connectivity index (χ4v) is 11.1. The molecule has 4 unspecified atom stereocenters. The van der Waals surface area contributed by atoms with E-state index in [-0.39, 0.29) is 0 Å². The second kappa shape index (κ2) is 12.7. The second-order valence-electron chi connectivity index (χ2n) is 16.8. The minimum atomic E-state index is -1.23. The summed E-state index contributed by atoms with van der Waals surface area (Å²) in [7, 11) is 0. The molecule has 6 aromatic carbocycles. The summed E-state index contributed by atoms with van der Waals surface area (Å²) < 4.78 is 0. The SMILES string of the molecule is Cc1ccc(N2c3ccc(-c4ccc5c6c(ccc(-c7ccc8c(c7)C7CCCC7N8c7ccc(C)cc7)c46)C(=O)N(CC(=O)O)C5=O)cc3C3CCCC32)cc1. The van der Waals surface area contributed by atoms with Crippen molar-refractivity contribution in [2.24, 2.45) is 0 Å². The van der Waals surface area contributed by atoms with Gasteiger partial charge in [-0.05, 0) is 139 Å². The second-order valence-corrected chi connectivity index (χ2v) is 16.8. The number of carboxylic acids is 1. The normalized spacial score (nSPS) is 21.6. The molecule has 3 aliphatic heterocycles. The molecule has 0 aromatic heterocycles. The molecule has 57 heavy (non-hydrogen) atoms. The lowest BCUT2D eigenvalue weighted by Gasteiger charge is -2.28. The Bertz CT molecular complexity index is 2530.